The van der Waals surface area contributed by atoms with Gasteiger partial charge in [-0.1, -0.05) is 0 Å². The summed E-state index contributed by atoms with van der Waals surface area (Å²) in [6.45, 7) is -0.974. The third-order valence-electron chi connectivity index (χ3n) is 3.17. The molecule has 0 spiro atoms. The number of H-pyrrole nitrogens is 1. The van der Waals surface area contributed by atoms with Crippen molar-refractivity contribution in [3.63, 3.8) is 0 Å². The van der Waals surface area contributed by atoms with Crippen LogP contribution in [0.5, 0.6) is 0 Å². The Kier molecular flexibility index (Phi) is 5.05. The molecule has 1 aliphatic rings. The number of rotatable bonds is 5. The summed E-state index contributed by atoms with van der Waals surface area (Å²) in [7, 11) is -5.39. The fourth-order valence-corrected chi connectivity index (χ4v) is 2.49. The molecule has 0 aromatic carbocycles. The highest BCUT2D eigenvalue weighted by molar-refractivity contribution is 7.43. The number of carboxylic acids is 1. The lowest BCUT2D eigenvalue weighted by molar-refractivity contribution is -0.343. The highest BCUT2D eigenvalue weighted by Gasteiger charge is 2.45. The van der Waals surface area contributed by atoms with Crippen molar-refractivity contribution in [1.29, 1.82) is 0 Å². The zero-order chi connectivity index (χ0) is 18.2. The van der Waals surface area contributed by atoms with Crippen molar-refractivity contribution in [2.75, 3.05) is 6.61 Å². The Morgan fingerprint density at radius 3 is 2.54 bits per heavy atom. The van der Waals surface area contributed by atoms with E-state index in [0.717, 1.165) is 0 Å². The van der Waals surface area contributed by atoms with E-state index in [4.69, 9.17) is 4.74 Å². The largest absolute Gasteiger partial charge is 0.790 e. The summed E-state index contributed by atoms with van der Waals surface area (Å²) in [5, 5.41) is 30.7. The fraction of sp³-hybridized carbons (Fsp3) is 0.500. The molecule has 1 saturated heterocycles. The summed E-state index contributed by atoms with van der Waals surface area (Å²) >= 11 is 0. The van der Waals surface area contributed by atoms with E-state index in [1.165, 1.54) is 0 Å². The van der Waals surface area contributed by atoms with E-state index in [-0.39, 0.29) is 0 Å². The van der Waals surface area contributed by atoms with Crippen molar-refractivity contribution < 1.29 is 43.7 Å². The van der Waals surface area contributed by atoms with Gasteiger partial charge in [-0.15, -0.1) is 0 Å². The van der Waals surface area contributed by atoms with E-state index in [9.17, 15) is 44.1 Å². The summed E-state index contributed by atoms with van der Waals surface area (Å²) in [4.78, 5) is 56.6. The van der Waals surface area contributed by atoms with E-state index in [1.807, 2.05) is 0 Å². The van der Waals surface area contributed by atoms with Crippen LogP contribution in [-0.2, 0) is 13.8 Å². The van der Waals surface area contributed by atoms with Gasteiger partial charge in [0.1, 0.15) is 18.3 Å². The number of hydrogen-bond acceptors (Lipinski definition) is 11. The second kappa shape index (κ2) is 6.57. The van der Waals surface area contributed by atoms with Crippen molar-refractivity contribution in [3.05, 3.63) is 32.6 Å². The van der Waals surface area contributed by atoms with Crippen molar-refractivity contribution in [2.24, 2.45) is 0 Å². The molecular weight excluding hydrogens is 355 g/mol. The predicted molar refractivity (Wildman–Crippen MR) is 65.1 cm³/mol. The number of nitrogens with zero attached hydrogens (tertiary/aromatic N) is 1. The lowest BCUT2D eigenvalue weighted by atomic mass is 10.1. The zero-order valence-corrected chi connectivity index (χ0v) is 12.5. The number of aromatic carboxylic acids is 1. The molecule has 0 unspecified atom stereocenters. The third kappa shape index (κ3) is 3.79. The summed E-state index contributed by atoms with van der Waals surface area (Å²) in [5.74, 6) is -1.94. The molecule has 1 aromatic rings. The van der Waals surface area contributed by atoms with E-state index < -0.39 is 61.9 Å². The van der Waals surface area contributed by atoms with Crippen molar-refractivity contribution >= 4 is 13.8 Å². The maximum Gasteiger partial charge on any atom is 0.331 e. The van der Waals surface area contributed by atoms with Gasteiger partial charge in [-0.25, -0.2) is 4.79 Å². The number of aliphatic hydroxyl groups excluding tert-OH is 2. The van der Waals surface area contributed by atoms with Gasteiger partial charge in [-0.2, -0.15) is 0 Å². The van der Waals surface area contributed by atoms with Gasteiger partial charge in [-0.05, 0) is 0 Å². The maximum atomic E-state index is 11.8. The molecule has 0 amide bonds. The summed E-state index contributed by atoms with van der Waals surface area (Å²) < 4.78 is 19.7. The van der Waals surface area contributed by atoms with Gasteiger partial charge >= 0.3 is 5.69 Å². The molecule has 14 heteroatoms. The molecule has 3 N–H and O–H groups in total. The van der Waals surface area contributed by atoms with E-state index >= 15 is 0 Å². The molecule has 1 aliphatic heterocycles. The van der Waals surface area contributed by atoms with Crippen LogP contribution in [0.4, 0.5) is 0 Å². The Hall–Kier alpha value is -1.86. The first kappa shape index (κ1) is 18.5. The van der Waals surface area contributed by atoms with Gasteiger partial charge in [0.25, 0.3) is 5.56 Å². The molecule has 24 heavy (non-hydrogen) atoms. The lowest BCUT2D eigenvalue weighted by Crippen LogP contribution is -2.43. The van der Waals surface area contributed by atoms with Gasteiger partial charge in [-0.3, -0.25) is 14.3 Å². The van der Waals surface area contributed by atoms with Crippen molar-refractivity contribution in [3.8, 4) is 0 Å². The van der Waals surface area contributed by atoms with Crippen molar-refractivity contribution in [1.82, 2.24) is 9.55 Å². The first-order chi connectivity index (χ1) is 11.0. The van der Waals surface area contributed by atoms with Crippen LogP contribution in [0.2, 0.25) is 0 Å². The molecule has 134 valence electrons. The molecule has 0 radical (unpaired) electrons. The fourth-order valence-electron chi connectivity index (χ4n) is 2.16. The molecule has 1 aromatic heterocycles. The van der Waals surface area contributed by atoms with Crippen LogP contribution in [-0.4, -0.2) is 50.7 Å². The van der Waals surface area contributed by atoms with Crippen LogP contribution in [0.25, 0.3) is 0 Å². The summed E-state index contributed by atoms with van der Waals surface area (Å²) in [6.07, 6.45) is -7.06. The minimum Gasteiger partial charge on any atom is -0.790 e. The number of carboxylic acid groups (broad SMARTS) is 1. The number of phosphoric acid groups is 1. The molecule has 2 heterocycles. The molecule has 2 rings (SSSR count). The Balaban J connectivity index is 2.37. The number of nitrogens with one attached hydrogen (secondary N) is 1. The number of aromatic amines is 1. The monoisotopic (exact) mass is 365 g/mol. The van der Waals surface area contributed by atoms with Gasteiger partial charge in [0.05, 0.1) is 26.1 Å². The Labute approximate surface area is 131 Å². The number of aromatic nitrogens is 2. The van der Waals surface area contributed by atoms with Crippen LogP contribution >= 0.6 is 7.82 Å². The highest BCUT2D eigenvalue weighted by Crippen LogP contribution is 2.32. The number of phosphoric ester groups is 1. The third-order valence-corrected chi connectivity index (χ3v) is 3.64. The Morgan fingerprint density at radius 1 is 1.38 bits per heavy atom. The number of carbonyl (C=O) groups excluding carboxylic acids is 1. The molecule has 1 fully saturated rings. The van der Waals surface area contributed by atoms with E-state index in [2.05, 4.69) is 4.52 Å². The predicted octanol–water partition coefficient (Wildman–Crippen LogP) is -5.64. The van der Waals surface area contributed by atoms with E-state index in [0.29, 0.717) is 10.6 Å². The summed E-state index contributed by atoms with van der Waals surface area (Å²) in [5.41, 5.74) is -3.28. The number of carbonyl (C=O) groups is 1. The minimum absolute atomic E-state index is 0.304. The summed E-state index contributed by atoms with van der Waals surface area (Å²) in [6, 6.07) is 0.493. The molecule has 0 bridgehead atoms. The quantitative estimate of drug-likeness (QED) is 0.418. The number of aliphatic hydroxyl groups is 2. The van der Waals surface area contributed by atoms with Crippen molar-refractivity contribution in [2.45, 2.75) is 24.5 Å². The number of hydrogen-bond donors (Lipinski definition) is 3. The van der Waals surface area contributed by atoms with Gasteiger partial charge in [0.2, 0.25) is 0 Å². The van der Waals surface area contributed by atoms with Crippen LogP contribution < -0.4 is 26.1 Å². The highest BCUT2D eigenvalue weighted by atomic mass is 31.2. The zero-order valence-electron chi connectivity index (χ0n) is 11.6. The van der Waals surface area contributed by atoms with Gasteiger partial charge < -0.3 is 43.7 Å². The maximum absolute atomic E-state index is 11.8. The average Bonchev–Trinajstić information content (AvgIpc) is 2.71. The average molecular weight is 365 g/mol. The van der Waals surface area contributed by atoms with Gasteiger partial charge in [0.15, 0.2) is 6.23 Å². The number of ether oxygens (including phenoxy) is 1. The molecular formula is C10H10N2O11P-3. The normalized spacial score (nSPS) is 27.3. The van der Waals surface area contributed by atoms with Crippen LogP contribution in [0.1, 0.15) is 16.7 Å². The second-order valence-electron chi connectivity index (χ2n) is 4.77. The minimum atomic E-state index is -5.39. The lowest BCUT2D eigenvalue weighted by Gasteiger charge is -2.30. The van der Waals surface area contributed by atoms with Crippen LogP contribution in [0.3, 0.4) is 0 Å². The molecule has 13 nitrogen and oxygen atoms in total. The smallest absolute Gasteiger partial charge is 0.331 e. The topological polar surface area (TPSA) is 217 Å². The Morgan fingerprint density at radius 2 is 2.00 bits per heavy atom. The van der Waals surface area contributed by atoms with Crippen LogP contribution in [0.15, 0.2) is 15.7 Å². The first-order valence-corrected chi connectivity index (χ1v) is 7.72. The van der Waals surface area contributed by atoms with Crippen LogP contribution in [0, 0.1) is 0 Å². The molecule has 0 aliphatic carbocycles. The molecule has 4 atom stereocenters. The first-order valence-electron chi connectivity index (χ1n) is 6.26. The standard InChI is InChI=1S/C10H13N2O11P/c13-5-1-3(9(16)17)12(10(18)11-5)8-7(15)6(14)4(23-8)2-22-24(19,20)21/h1,4,6-8,14-15H,2H2,(H,16,17)(H,11,13,18)(H2,19,20,21)/p-3/t4-,6-,7-,8-/m1/s1. The van der Waals surface area contributed by atoms with E-state index in [1.54, 1.807) is 4.98 Å². The molecule has 0 saturated carbocycles. The second-order valence-corrected chi connectivity index (χ2v) is 5.92. The Bertz CT molecular complexity index is 795. The van der Waals surface area contributed by atoms with Gasteiger partial charge in [0, 0.05) is 6.07 Å². The SMILES string of the molecule is O=C([O-])c1cc(=O)[nH]c(=O)n1[C@@H]1O[C@H](COP(=O)([O-])[O-])[C@@H](O)[C@H]1O.